The number of rotatable bonds is 2. The van der Waals surface area contributed by atoms with Gasteiger partial charge >= 0.3 is 0 Å². The van der Waals surface area contributed by atoms with Crippen molar-refractivity contribution in [3.63, 3.8) is 0 Å². The lowest BCUT2D eigenvalue weighted by Crippen LogP contribution is -2.43. The van der Waals surface area contributed by atoms with Crippen molar-refractivity contribution in [3.8, 4) is 0 Å². The molecule has 7 nitrogen and oxygen atoms in total. The average Bonchev–Trinajstić information content (AvgIpc) is 3.17. The fraction of sp³-hybridized carbons (Fsp3) is 0.385. The largest absolute Gasteiger partial charge is 0.367 e. The van der Waals surface area contributed by atoms with Gasteiger partial charge in [-0.3, -0.25) is 0 Å². The van der Waals surface area contributed by atoms with Crippen LogP contribution in [-0.2, 0) is 4.74 Å². The predicted molar refractivity (Wildman–Crippen MR) is 78.4 cm³/mol. The maximum atomic E-state index is 6.04. The van der Waals surface area contributed by atoms with E-state index in [-0.39, 0.29) is 12.2 Å². The van der Waals surface area contributed by atoms with Crippen LogP contribution in [0.3, 0.4) is 0 Å². The quantitative estimate of drug-likeness (QED) is 0.715. The van der Waals surface area contributed by atoms with E-state index < -0.39 is 0 Å². The van der Waals surface area contributed by atoms with Gasteiger partial charge < -0.3 is 9.64 Å². The smallest absolute Gasteiger partial charge is 0.200 e. The van der Waals surface area contributed by atoms with Crippen molar-refractivity contribution >= 4 is 22.8 Å². The van der Waals surface area contributed by atoms with Crippen LogP contribution in [0.4, 0.5) is 5.82 Å². The normalized spacial score (nSPS) is 22.8. The Morgan fingerprint density at radius 2 is 2.24 bits per heavy atom. The van der Waals surface area contributed by atoms with Gasteiger partial charge in [0.1, 0.15) is 6.10 Å². The summed E-state index contributed by atoms with van der Waals surface area (Å²) in [5, 5.41) is 20.0. The van der Waals surface area contributed by atoms with Crippen LogP contribution < -0.4 is 4.90 Å². The Kier molecular flexibility index (Phi) is 3.04. The predicted octanol–water partition coefficient (Wildman–Crippen LogP) is 1.55. The van der Waals surface area contributed by atoms with Gasteiger partial charge in [-0.25, -0.2) is 0 Å². The number of anilines is 1. The van der Waals surface area contributed by atoms with E-state index >= 15 is 0 Å². The first-order valence-electron chi connectivity index (χ1n) is 6.77. The van der Waals surface area contributed by atoms with Gasteiger partial charge in [0, 0.05) is 13.1 Å². The average molecular weight is 302 g/mol. The molecule has 0 N–H and O–H groups in total. The Morgan fingerprint density at radius 1 is 1.29 bits per heavy atom. The van der Waals surface area contributed by atoms with E-state index in [2.05, 4.69) is 49.3 Å². The molecule has 0 unspecified atom stereocenters. The van der Waals surface area contributed by atoms with Crippen LogP contribution >= 0.6 is 11.3 Å². The molecule has 0 aromatic carbocycles. The maximum absolute atomic E-state index is 6.04. The molecular formula is C13H14N6OS. The molecule has 1 aliphatic rings. The third kappa shape index (κ3) is 2.36. The van der Waals surface area contributed by atoms with Gasteiger partial charge in [0.15, 0.2) is 11.5 Å². The van der Waals surface area contributed by atoms with Crippen molar-refractivity contribution in [3.05, 3.63) is 34.5 Å². The summed E-state index contributed by atoms with van der Waals surface area (Å²) < 4.78 is 7.50. The van der Waals surface area contributed by atoms with E-state index in [1.165, 1.54) is 10.2 Å². The molecule has 3 aromatic heterocycles. The molecule has 0 radical (unpaired) electrons. The molecule has 4 heterocycles. The van der Waals surface area contributed by atoms with Crippen molar-refractivity contribution in [2.75, 3.05) is 18.0 Å². The van der Waals surface area contributed by atoms with E-state index in [1.54, 1.807) is 11.3 Å². The Bertz CT molecular complexity index is 742. The van der Waals surface area contributed by atoms with Crippen molar-refractivity contribution in [1.29, 1.82) is 0 Å². The molecule has 3 aromatic rings. The summed E-state index contributed by atoms with van der Waals surface area (Å²) in [6.07, 6.45) is 0.224. The highest BCUT2D eigenvalue weighted by atomic mass is 32.1. The molecular weight excluding hydrogens is 288 g/mol. The zero-order valence-corrected chi connectivity index (χ0v) is 12.3. The third-order valence-electron chi connectivity index (χ3n) is 3.55. The lowest BCUT2D eigenvalue weighted by Gasteiger charge is -2.37. The van der Waals surface area contributed by atoms with Crippen LogP contribution in [0.25, 0.3) is 5.65 Å². The third-order valence-corrected chi connectivity index (χ3v) is 4.26. The van der Waals surface area contributed by atoms with E-state index in [4.69, 9.17) is 4.74 Å². The first-order chi connectivity index (χ1) is 10.3. The van der Waals surface area contributed by atoms with Crippen LogP contribution in [0.1, 0.15) is 18.6 Å². The molecule has 0 aliphatic carbocycles. The van der Waals surface area contributed by atoms with Gasteiger partial charge in [-0.15, -0.1) is 14.8 Å². The van der Waals surface area contributed by atoms with Crippen LogP contribution in [0.15, 0.2) is 29.0 Å². The minimum Gasteiger partial charge on any atom is -0.367 e. The monoisotopic (exact) mass is 302 g/mol. The number of hydrogen-bond acceptors (Lipinski definition) is 7. The maximum Gasteiger partial charge on any atom is 0.200 e. The summed E-state index contributed by atoms with van der Waals surface area (Å²) in [6, 6.07) is 5.94. The number of tetrazole rings is 1. The lowest BCUT2D eigenvalue weighted by atomic mass is 10.1. The molecule has 2 atom stereocenters. The molecule has 1 fully saturated rings. The van der Waals surface area contributed by atoms with Gasteiger partial charge in [0.25, 0.3) is 0 Å². The summed E-state index contributed by atoms with van der Waals surface area (Å²) in [6.45, 7) is 3.67. The van der Waals surface area contributed by atoms with Crippen LogP contribution in [0.5, 0.6) is 0 Å². The molecule has 0 spiro atoms. The zero-order chi connectivity index (χ0) is 14.2. The fourth-order valence-electron chi connectivity index (χ4n) is 2.59. The highest BCUT2D eigenvalue weighted by Crippen LogP contribution is 2.28. The number of hydrogen-bond donors (Lipinski definition) is 0. The van der Waals surface area contributed by atoms with Gasteiger partial charge in [-0.1, -0.05) is 0 Å². The molecule has 0 amide bonds. The van der Waals surface area contributed by atoms with Crippen molar-refractivity contribution in [1.82, 2.24) is 25.3 Å². The SMILES string of the molecule is C[C@@H]1CN(c2ccc3nnnn3n2)C[C@H](c2ccsc2)O1. The van der Waals surface area contributed by atoms with Crippen LogP contribution in [0.2, 0.25) is 0 Å². The summed E-state index contributed by atoms with van der Waals surface area (Å²) in [5.74, 6) is 0.866. The number of fused-ring (bicyclic) bond motifs is 1. The molecule has 8 heteroatoms. The summed E-state index contributed by atoms with van der Waals surface area (Å²) in [7, 11) is 0. The number of thiophene rings is 1. The first kappa shape index (κ1) is 12.7. The molecule has 4 rings (SSSR count). The molecule has 21 heavy (non-hydrogen) atoms. The second kappa shape index (κ2) is 5.05. The van der Waals surface area contributed by atoms with Gasteiger partial charge in [0.2, 0.25) is 0 Å². The Hall–Kier alpha value is -2.06. The van der Waals surface area contributed by atoms with Crippen molar-refractivity contribution in [2.24, 2.45) is 0 Å². The van der Waals surface area contributed by atoms with Gasteiger partial charge in [-0.05, 0) is 51.9 Å². The van der Waals surface area contributed by atoms with Gasteiger partial charge in [-0.2, -0.15) is 11.3 Å². The minimum atomic E-state index is 0.0753. The number of aromatic nitrogens is 5. The topological polar surface area (TPSA) is 68.4 Å². The minimum absolute atomic E-state index is 0.0753. The Morgan fingerprint density at radius 3 is 3.10 bits per heavy atom. The highest BCUT2D eigenvalue weighted by molar-refractivity contribution is 7.07. The van der Waals surface area contributed by atoms with E-state index in [0.29, 0.717) is 5.65 Å². The fourth-order valence-corrected chi connectivity index (χ4v) is 3.29. The van der Waals surface area contributed by atoms with Gasteiger partial charge in [0.05, 0.1) is 6.10 Å². The highest BCUT2D eigenvalue weighted by Gasteiger charge is 2.27. The zero-order valence-electron chi connectivity index (χ0n) is 11.5. The van der Waals surface area contributed by atoms with E-state index in [1.807, 2.05) is 12.1 Å². The molecule has 1 saturated heterocycles. The number of nitrogens with zero attached hydrogens (tertiary/aromatic N) is 6. The van der Waals surface area contributed by atoms with Crippen molar-refractivity contribution < 1.29 is 4.74 Å². The number of morpholine rings is 1. The molecule has 0 saturated carbocycles. The number of ether oxygens (including phenoxy) is 1. The second-order valence-electron chi connectivity index (χ2n) is 5.12. The summed E-state index contributed by atoms with van der Waals surface area (Å²) in [5.41, 5.74) is 1.87. The first-order valence-corrected chi connectivity index (χ1v) is 7.72. The van der Waals surface area contributed by atoms with E-state index in [9.17, 15) is 0 Å². The molecule has 1 aliphatic heterocycles. The van der Waals surface area contributed by atoms with Crippen LogP contribution in [0, 0.1) is 0 Å². The second-order valence-corrected chi connectivity index (χ2v) is 5.90. The standard InChI is InChI=1S/C13H14N6OS/c1-9-6-18(7-11(20-9)10-4-5-21-8-10)13-3-2-12-14-16-17-19(12)15-13/h2-5,8-9,11H,6-7H2,1H3/t9-,11-/m1/s1. The molecule has 108 valence electrons. The lowest BCUT2D eigenvalue weighted by molar-refractivity contribution is -0.0174. The molecule has 0 bridgehead atoms. The van der Waals surface area contributed by atoms with Crippen LogP contribution in [-0.4, -0.2) is 44.4 Å². The summed E-state index contributed by atoms with van der Waals surface area (Å²) in [4.78, 5) is 2.22. The van der Waals surface area contributed by atoms with Crippen molar-refractivity contribution in [2.45, 2.75) is 19.1 Å². The Labute approximate surface area is 125 Å². The van der Waals surface area contributed by atoms with E-state index in [0.717, 1.165) is 18.9 Å². The Balaban J connectivity index is 1.63. The summed E-state index contributed by atoms with van der Waals surface area (Å²) >= 11 is 1.69.